The Bertz CT molecular complexity index is 312. The van der Waals surface area contributed by atoms with Crippen molar-refractivity contribution >= 4 is 0 Å². The van der Waals surface area contributed by atoms with E-state index in [-0.39, 0.29) is 19.5 Å². The molecule has 4 nitrogen and oxygen atoms in total. The Labute approximate surface area is 102 Å². The molecule has 0 unspecified atom stereocenters. The highest BCUT2D eigenvalue weighted by Gasteiger charge is 2.06. The largest absolute Gasteiger partial charge is 0.392 e. The Morgan fingerprint density at radius 2 is 1.41 bits per heavy atom. The van der Waals surface area contributed by atoms with Gasteiger partial charge in [0.05, 0.1) is 13.2 Å². The van der Waals surface area contributed by atoms with E-state index in [4.69, 9.17) is 19.7 Å². The predicted octanol–water partition coefficient (Wildman–Crippen LogP) is 1.22. The quantitative estimate of drug-likeness (QED) is 0.704. The molecule has 1 aromatic rings. The number of hydrogen-bond acceptors (Lipinski definition) is 4. The molecule has 0 fully saturated rings. The molecule has 4 heteroatoms. The summed E-state index contributed by atoms with van der Waals surface area (Å²) in [5, 5.41) is 18.2. The normalized spacial score (nSPS) is 11.1. The molecule has 17 heavy (non-hydrogen) atoms. The van der Waals surface area contributed by atoms with Gasteiger partial charge in [-0.05, 0) is 23.1 Å². The van der Waals surface area contributed by atoms with Crippen LogP contribution in [0.4, 0.5) is 0 Å². The lowest BCUT2D eigenvalue weighted by Gasteiger charge is -2.13. The van der Waals surface area contributed by atoms with Crippen LogP contribution in [0.2, 0.25) is 0 Å². The molecule has 2 N–H and O–H groups in total. The molecule has 1 rings (SSSR count). The molecule has 1 aromatic carbocycles. The van der Waals surface area contributed by atoms with Gasteiger partial charge in [-0.2, -0.15) is 0 Å². The maximum absolute atomic E-state index is 9.12. The number of aryl methyl sites for hydroxylation is 1. The van der Waals surface area contributed by atoms with Gasteiger partial charge in [-0.25, -0.2) is 0 Å². The van der Waals surface area contributed by atoms with Crippen molar-refractivity contribution in [3.63, 3.8) is 0 Å². The molecular weight excluding hydrogens is 220 g/mol. The Kier molecular flexibility index (Phi) is 6.15. The third-order valence-electron chi connectivity index (χ3n) is 2.67. The molecular formula is C13H20O4. The van der Waals surface area contributed by atoms with E-state index >= 15 is 0 Å². The Hall–Kier alpha value is -0.940. The second-order valence-corrected chi connectivity index (χ2v) is 3.91. The van der Waals surface area contributed by atoms with E-state index in [1.165, 1.54) is 0 Å². The lowest BCUT2D eigenvalue weighted by molar-refractivity contribution is -0.105. The van der Waals surface area contributed by atoms with Crippen LogP contribution in [0.5, 0.6) is 0 Å². The highest BCUT2D eigenvalue weighted by molar-refractivity contribution is 5.29. The van der Waals surface area contributed by atoms with Gasteiger partial charge in [0, 0.05) is 20.6 Å². The second-order valence-electron chi connectivity index (χ2n) is 3.91. The number of rotatable bonds is 7. The van der Waals surface area contributed by atoms with E-state index in [0.717, 1.165) is 29.5 Å². The molecule has 0 radical (unpaired) electrons. The summed E-state index contributed by atoms with van der Waals surface area (Å²) in [5.74, 6) is 0. The van der Waals surface area contributed by atoms with Gasteiger partial charge in [0.15, 0.2) is 6.29 Å². The first kappa shape index (κ1) is 14.1. The number of benzene rings is 1. The molecule has 0 bridgehead atoms. The molecule has 0 aliphatic rings. The molecule has 0 heterocycles. The maximum Gasteiger partial charge on any atom is 0.157 e. The average molecular weight is 240 g/mol. The van der Waals surface area contributed by atoms with E-state index in [9.17, 15) is 0 Å². The van der Waals surface area contributed by atoms with Crippen LogP contribution in [-0.2, 0) is 29.1 Å². The summed E-state index contributed by atoms with van der Waals surface area (Å²) in [7, 11) is 3.22. The van der Waals surface area contributed by atoms with Crippen molar-refractivity contribution in [1.29, 1.82) is 0 Å². The Balaban J connectivity index is 2.69. The number of hydrogen-bond donors (Lipinski definition) is 2. The predicted molar refractivity (Wildman–Crippen MR) is 64.4 cm³/mol. The highest BCUT2D eigenvalue weighted by Crippen LogP contribution is 2.14. The molecule has 96 valence electrons. The zero-order valence-corrected chi connectivity index (χ0v) is 10.3. The zero-order chi connectivity index (χ0) is 12.7. The van der Waals surface area contributed by atoms with Gasteiger partial charge in [0.1, 0.15) is 0 Å². The van der Waals surface area contributed by atoms with Crippen LogP contribution in [0.25, 0.3) is 0 Å². The van der Waals surface area contributed by atoms with Crippen molar-refractivity contribution in [1.82, 2.24) is 0 Å². The van der Waals surface area contributed by atoms with Crippen molar-refractivity contribution < 1.29 is 19.7 Å². The van der Waals surface area contributed by atoms with Crippen molar-refractivity contribution in [2.24, 2.45) is 0 Å². The fourth-order valence-corrected chi connectivity index (χ4v) is 1.78. The van der Waals surface area contributed by atoms with E-state index in [2.05, 4.69) is 0 Å². The first-order valence-electron chi connectivity index (χ1n) is 5.62. The second kappa shape index (κ2) is 7.40. The fourth-order valence-electron chi connectivity index (χ4n) is 1.78. The lowest BCUT2D eigenvalue weighted by Crippen LogP contribution is -2.13. The number of ether oxygens (including phenoxy) is 2. The monoisotopic (exact) mass is 240 g/mol. The summed E-state index contributed by atoms with van der Waals surface area (Å²) < 4.78 is 10.2. The van der Waals surface area contributed by atoms with Gasteiger partial charge >= 0.3 is 0 Å². The van der Waals surface area contributed by atoms with Crippen LogP contribution in [0.1, 0.15) is 23.1 Å². The average Bonchev–Trinajstić information content (AvgIpc) is 2.39. The molecule has 0 aliphatic carbocycles. The zero-order valence-electron chi connectivity index (χ0n) is 10.3. The maximum atomic E-state index is 9.12. The van der Waals surface area contributed by atoms with Gasteiger partial charge < -0.3 is 19.7 Å². The molecule has 0 amide bonds. The summed E-state index contributed by atoms with van der Waals surface area (Å²) in [6.07, 6.45) is 1.31. The summed E-state index contributed by atoms with van der Waals surface area (Å²) in [5.41, 5.74) is 2.70. The van der Waals surface area contributed by atoms with Crippen molar-refractivity contribution in [2.45, 2.75) is 32.3 Å². The SMILES string of the molecule is COC(CCc1cc(CO)cc(CO)c1)OC. The topological polar surface area (TPSA) is 58.9 Å². The number of aliphatic hydroxyl groups excluding tert-OH is 2. The van der Waals surface area contributed by atoms with Crippen LogP contribution < -0.4 is 0 Å². The van der Waals surface area contributed by atoms with Gasteiger partial charge in [-0.15, -0.1) is 0 Å². The summed E-state index contributed by atoms with van der Waals surface area (Å²) in [6.45, 7) is -0.0301. The summed E-state index contributed by atoms with van der Waals surface area (Å²) in [4.78, 5) is 0. The summed E-state index contributed by atoms with van der Waals surface area (Å²) >= 11 is 0. The van der Waals surface area contributed by atoms with Gasteiger partial charge in [0.25, 0.3) is 0 Å². The smallest absolute Gasteiger partial charge is 0.157 e. The van der Waals surface area contributed by atoms with Crippen LogP contribution in [0.15, 0.2) is 18.2 Å². The van der Waals surface area contributed by atoms with E-state index in [1.807, 2.05) is 12.1 Å². The Morgan fingerprint density at radius 1 is 0.941 bits per heavy atom. The van der Waals surface area contributed by atoms with Crippen molar-refractivity contribution in [2.75, 3.05) is 14.2 Å². The minimum absolute atomic E-state index is 0.0151. The van der Waals surface area contributed by atoms with Crippen molar-refractivity contribution in [3.8, 4) is 0 Å². The lowest BCUT2D eigenvalue weighted by atomic mass is 10.0. The standard InChI is InChI=1S/C13H20O4/c1-16-13(17-2)4-3-10-5-11(8-14)7-12(6-10)9-15/h5-7,13-15H,3-4,8-9H2,1-2H3. The number of aliphatic hydroxyl groups is 2. The van der Waals surface area contributed by atoms with E-state index in [1.54, 1.807) is 20.3 Å². The summed E-state index contributed by atoms with van der Waals surface area (Å²) in [6, 6.07) is 5.66. The molecule has 0 spiro atoms. The minimum atomic E-state index is -0.217. The van der Waals surface area contributed by atoms with Crippen LogP contribution in [0.3, 0.4) is 0 Å². The van der Waals surface area contributed by atoms with Crippen LogP contribution in [-0.4, -0.2) is 30.7 Å². The molecule has 0 aliphatic heterocycles. The first-order chi connectivity index (χ1) is 8.23. The molecule has 0 aromatic heterocycles. The van der Waals surface area contributed by atoms with Crippen LogP contribution >= 0.6 is 0 Å². The minimum Gasteiger partial charge on any atom is -0.392 e. The van der Waals surface area contributed by atoms with Gasteiger partial charge in [-0.1, -0.05) is 18.2 Å². The third kappa shape index (κ3) is 4.44. The van der Waals surface area contributed by atoms with E-state index in [0.29, 0.717) is 0 Å². The Morgan fingerprint density at radius 3 is 1.82 bits per heavy atom. The highest BCUT2D eigenvalue weighted by atomic mass is 16.7. The van der Waals surface area contributed by atoms with Gasteiger partial charge in [0.2, 0.25) is 0 Å². The fraction of sp³-hybridized carbons (Fsp3) is 0.538. The molecule has 0 saturated heterocycles. The molecule has 0 saturated carbocycles. The van der Waals surface area contributed by atoms with Gasteiger partial charge in [-0.3, -0.25) is 0 Å². The third-order valence-corrected chi connectivity index (χ3v) is 2.67. The number of methoxy groups -OCH3 is 2. The van der Waals surface area contributed by atoms with Crippen molar-refractivity contribution in [3.05, 3.63) is 34.9 Å². The van der Waals surface area contributed by atoms with E-state index < -0.39 is 0 Å². The molecule has 0 atom stereocenters. The first-order valence-corrected chi connectivity index (χ1v) is 5.62. The van der Waals surface area contributed by atoms with Crippen LogP contribution in [0, 0.1) is 0 Å².